The molecule has 23 heavy (non-hydrogen) atoms. The fourth-order valence-corrected chi connectivity index (χ4v) is 1.83. The van der Waals surface area contributed by atoms with Crippen LogP contribution in [0.1, 0.15) is 23.0 Å². The molecule has 0 aromatic carbocycles. The van der Waals surface area contributed by atoms with E-state index in [0.29, 0.717) is 12.2 Å². The fourth-order valence-electron chi connectivity index (χ4n) is 1.83. The second kappa shape index (κ2) is 7.01. The van der Waals surface area contributed by atoms with Crippen molar-refractivity contribution in [3.05, 3.63) is 41.5 Å². The van der Waals surface area contributed by atoms with Crippen molar-refractivity contribution < 1.29 is 9.18 Å². The third-order valence-corrected chi connectivity index (χ3v) is 3.01. The molecule has 1 atom stereocenters. The highest BCUT2D eigenvalue weighted by Gasteiger charge is 2.16. The van der Waals surface area contributed by atoms with E-state index in [9.17, 15) is 9.18 Å². The normalized spacial score (nSPS) is 11.8. The lowest BCUT2D eigenvalue weighted by Gasteiger charge is -2.14. The second-order valence-corrected chi connectivity index (χ2v) is 5.25. The number of carbonyl (C=O) groups is 1. The van der Waals surface area contributed by atoms with Crippen molar-refractivity contribution in [2.45, 2.75) is 19.9 Å². The van der Waals surface area contributed by atoms with Gasteiger partial charge in [0.05, 0.1) is 17.4 Å². The number of pyridine rings is 2. The molecule has 0 bridgehead atoms. The second-order valence-electron chi connectivity index (χ2n) is 5.25. The molecule has 0 fully saturated rings. The number of nitrogens with one attached hydrogen (secondary N) is 2. The summed E-state index contributed by atoms with van der Waals surface area (Å²) in [6.45, 7) is 3.97. The van der Waals surface area contributed by atoms with Crippen LogP contribution in [0.5, 0.6) is 0 Å². The molecule has 0 radical (unpaired) electrons. The van der Waals surface area contributed by atoms with Crippen LogP contribution in [0.4, 0.5) is 21.7 Å². The van der Waals surface area contributed by atoms with E-state index in [2.05, 4.69) is 20.6 Å². The highest BCUT2D eigenvalue weighted by Crippen LogP contribution is 2.23. The Hall–Kier alpha value is -2.74. The molecule has 0 aliphatic rings. The molecule has 0 aliphatic heterocycles. The first-order chi connectivity index (χ1) is 10.9. The van der Waals surface area contributed by atoms with Crippen molar-refractivity contribution in [3.63, 3.8) is 0 Å². The van der Waals surface area contributed by atoms with Gasteiger partial charge in [-0.05, 0) is 32.0 Å². The van der Waals surface area contributed by atoms with Crippen LogP contribution in [-0.4, -0.2) is 28.5 Å². The Morgan fingerprint density at radius 1 is 1.39 bits per heavy atom. The zero-order chi connectivity index (χ0) is 17.0. The molecule has 0 unspecified atom stereocenters. The van der Waals surface area contributed by atoms with Crippen LogP contribution in [0.2, 0.25) is 0 Å². The molecule has 2 aromatic heterocycles. The van der Waals surface area contributed by atoms with Crippen LogP contribution in [0.15, 0.2) is 24.4 Å². The Morgan fingerprint density at radius 2 is 2.13 bits per heavy atom. The highest BCUT2D eigenvalue weighted by atomic mass is 19.1. The number of aromatic nitrogens is 2. The molecule has 0 saturated carbocycles. The predicted molar refractivity (Wildman–Crippen MR) is 87.1 cm³/mol. The minimum absolute atomic E-state index is 0.00475. The van der Waals surface area contributed by atoms with Crippen molar-refractivity contribution in [2.75, 3.05) is 17.2 Å². The standard InChI is InChI=1S/C15H19FN6O/c1-8(17)6-20-15-12(16)5-11(13(18)23)14(22-15)21-10-4-3-9(2)19-7-10/h3-5,7-8H,6,17H2,1-2H3,(H2,18,23)(H2,20,21,22)/t8-/m0/s1. The van der Waals surface area contributed by atoms with E-state index < -0.39 is 11.7 Å². The van der Waals surface area contributed by atoms with Gasteiger partial charge >= 0.3 is 0 Å². The predicted octanol–water partition coefficient (Wildman–Crippen LogP) is 1.53. The SMILES string of the molecule is Cc1ccc(Nc2nc(NC[C@H](C)N)c(F)cc2C(N)=O)cn1. The van der Waals surface area contributed by atoms with E-state index in [-0.39, 0.29) is 23.2 Å². The van der Waals surface area contributed by atoms with Gasteiger partial charge in [0.15, 0.2) is 11.6 Å². The Bertz CT molecular complexity index is 702. The van der Waals surface area contributed by atoms with Crippen LogP contribution in [0.3, 0.4) is 0 Å². The summed E-state index contributed by atoms with van der Waals surface area (Å²) in [5.74, 6) is -1.31. The van der Waals surface area contributed by atoms with Gasteiger partial charge in [0.25, 0.3) is 5.91 Å². The first-order valence-corrected chi connectivity index (χ1v) is 7.06. The number of hydrogen-bond donors (Lipinski definition) is 4. The summed E-state index contributed by atoms with van der Waals surface area (Å²) in [5.41, 5.74) is 12.3. The summed E-state index contributed by atoms with van der Waals surface area (Å²) in [4.78, 5) is 19.8. The smallest absolute Gasteiger partial charge is 0.252 e. The summed E-state index contributed by atoms with van der Waals surface area (Å²) in [5, 5.41) is 5.72. The number of anilines is 3. The van der Waals surface area contributed by atoms with Crippen molar-refractivity contribution in [1.29, 1.82) is 0 Å². The average Bonchev–Trinajstić information content (AvgIpc) is 2.49. The first kappa shape index (κ1) is 16.6. The van der Waals surface area contributed by atoms with Crippen LogP contribution < -0.4 is 22.1 Å². The van der Waals surface area contributed by atoms with E-state index in [1.807, 2.05) is 6.92 Å². The van der Waals surface area contributed by atoms with Crippen molar-refractivity contribution >= 4 is 23.2 Å². The number of carbonyl (C=O) groups excluding carboxylic acids is 1. The van der Waals surface area contributed by atoms with E-state index in [1.54, 1.807) is 25.3 Å². The average molecular weight is 318 g/mol. The van der Waals surface area contributed by atoms with E-state index in [0.717, 1.165) is 11.8 Å². The van der Waals surface area contributed by atoms with Crippen LogP contribution in [0.25, 0.3) is 0 Å². The van der Waals surface area contributed by atoms with Gasteiger partial charge in [-0.25, -0.2) is 9.37 Å². The number of nitrogens with zero attached hydrogens (tertiary/aromatic N) is 2. The number of rotatable bonds is 6. The van der Waals surface area contributed by atoms with Gasteiger partial charge < -0.3 is 22.1 Å². The minimum atomic E-state index is -0.780. The molecule has 6 N–H and O–H groups in total. The number of halogens is 1. The Labute approximate surface area is 133 Å². The number of primary amides is 1. The van der Waals surface area contributed by atoms with Crippen LogP contribution in [-0.2, 0) is 0 Å². The zero-order valence-corrected chi connectivity index (χ0v) is 12.9. The first-order valence-electron chi connectivity index (χ1n) is 7.06. The number of nitrogens with two attached hydrogens (primary N) is 2. The van der Waals surface area contributed by atoms with Gasteiger partial charge in [-0.3, -0.25) is 9.78 Å². The summed E-state index contributed by atoms with van der Waals surface area (Å²) in [7, 11) is 0. The van der Waals surface area contributed by atoms with Crippen LogP contribution in [0, 0.1) is 12.7 Å². The molecule has 2 rings (SSSR count). The fraction of sp³-hybridized carbons (Fsp3) is 0.267. The summed E-state index contributed by atoms with van der Waals surface area (Å²) in [6.07, 6.45) is 1.58. The van der Waals surface area contributed by atoms with Crippen molar-refractivity contribution in [2.24, 2.45) is 11.5 Å². The van der Waals surface area contributed by atoms with E-state index in [4.69, 9.17) is 11.5 Å². The van der Waals surface area contributed by atoms with Crippen LogP contribution >= 0.6 is 0 Å². The summed E-state index contributed by atoms with van der Waals surface area (Å²) >= 11 is 0. The summed E-state index contributed by atoms with van der Waals surface area (Å²) < 4.78 is 14.0. The Morgan fingerprint density at radius 3 is 2.70 bits per heavy atom. The van der Waals surface area contributed by atoms with Gasteiger partial charge in [0.1, 0.15) is 5.82 Å². The monoisotopic (exact) mass is 318 g/mol. The van der Waals surface area contributed by atoms with Crippen molar-refractivity contribution in [3.8, 4) is 0 Å². The molecule has 0 saturated heterocycles. The molecule has 1 amide bonds. The van der Waals surface area contributed by atoms with Gasteiger partial charge in [0.2, 0.25) is 0 Å². The maximum atomic E-state index is 14.0. The molecule has 122 valence electrons. The molecule has 2 heterocycles. The maximum Gasteiger partial charge on any atom is 0.252 e. The molecule has 0 spiro atoms. The van der Waals surface area contributed by atoms with Crippen molar-refractivity contribution in [1.82, 2.24) is 9.97 Å². The van der Waals surface area contributed by atoms with Gasteiger partial charge in [-0.2, -0.15) is 0 Å². The Kier molecular flexibility index (Phi) is 5.07. The Balaban J connectivity index is 2.35. The maximum absolute atomic E-state index is 14.0. The number of hydrogen-bond acceptors (Lipinski definition) is 6. The highest BCUT2D eigenvalue weighted by molar-refractivity contribution is 5.98. The minimum Gasteiger partial charge on any atom is -0.366 e. The zero-order valence-electron chi connectivity index (χ0n) is 12.9. The molecule has 8 heteroatoms. The third-order valence-electron chi connectivity index (χ3n) is 3.01. The number of aryl methyl sites for hydroxylation is 1. The number of amides is 1. The molecule has 7 nitrogen and oxygen atoms in total. The molecular weight excluding hydrogens is 299 g/mol. The summed E-state index contributed by atoms with van der Waals surface area (Å²) in [6, 6.07) is 4.44. The largest absolute Gasteiger partial charge is 0.366 e. The van der Waals surface area contributed by atoms with Gasteiger partial charge in [0, 0.05) is 18.3 Å². The van der Waals surface area contributed by atoms with E-state index >= 15 is 0 Å². The van der Waals surface area contributed by atoms with Gasteiger partial charge in [-0.1, -0.05) is 0 Å². The lowest BCUT2D eigenvalue weighted by atomic mass is 10.2. The molecule has 2 aromatic rings. The molecular formula is C15H19FN6O. The quantitative estimate of drug-likeness (QED) is 0.641. The topological polar surface area (TPSA) is 119 Å². The molecule has 0 aliphatic carbocycles. The third kappa shape index (κ3) is 4.36. The van der Waals surface area contributed by atoms with E-state index in [1.165, 1.54) is 0 Å². The lowest BCUT2D eigenvalue weighted by Crippen LogP contribution is -2.26. The lowest BCUT2D eigenvalue weighted by molar-refractivity contribution is 0.100. The van der Waals surface area contributed by atoms with Gasteiger partial charge in [-0.15, -0.1) is 0 Å².